The van der Waals surface area contributed by atoms with E-state index in [1.54, 1.807) is 12.1 Å². The lowest BCUT2D eigenvalue weighted by Crippen LogP contribution is -2.41. The monoisotopic (exact) mass is 386 g/mol. The first-order chi connectivity index (χ1) is 13.1. The Morgan fingerprint density at radius 1 is 1.15 bits per heavy atom. The fourth-order valence-electron chi connectivity index (χ4n) is 4.20. The molecule has 3 nitrogen and oxygen atoms in total. The van der Waals surface area contributed by atoms with Crippen LogP contribution in [0.5, 0.6) is 0 Å². The van der Waals surface area contributed by atoms with Crippen LogP contribution in [-0.2, 0) is 24.2 Å². The maximum Gasteiger partial charge on any atom is 0.222 e. The smallest absolute Gasteiger partial charge is 0.222 e. The third kappa shape index (κ3) is 4.17. The van der Waals surface area contributed by atoms with Crippen molar-refractivity contribution < 1.29 is 9.18 Å². The average molecular weight is 387 g/mol. The highest BCUT2D eigenvalue weighted by Crippen LogP contribution is 2.25. The zero-order valence-corrected chi connectivity index (χ0v) is 16.1. The summed E-state index contributed by atoms with van der Waals surface area (Å²) in [6.07, 6.45) is 3.16. The van der Waals surface area contributed by atoms with Gasteiger partial charge in [0.05, 0.1) is 5.02 Å². The first-order valence-electron chi connectivity index (χ1n) is 9.62. The molecule has 2 aliphatic heterocycles. The maximum atomic E-state index is 13.2. The Bertz CT molecular complexity index is 841. The summed E-state index contributed by atoms with van der Waals surface area (Å²) in [4.78, 5) is 17.1. The Morgan fingerprint density at radius 3 is 2.78 bits per heavy atom. The van der Waals surface area contributed by atoms with Crippen molar-refractivity contribution in [3.63, 3.8) is 0 Å². The molecule has 1 saturated heterocycles. The van der Waals surface area contributed by atoms with Crippen LogP contribution in [0.2, 0.25) is 5.02 Å². The number of likely N-dealkylation sites (tertiary alicyclic amines) is 1. The molecule has 1 fully saturated rings. The molecule has 142 valence electrons. The lowest BCUT2D eigenvalue weighted by Gasteiger charge is -2.33. The van der Waals surface area contributed by atoms with Crippen molar-refractivity contribution >= 4 is 17.5 Å². The molecule has 2 heterocycles. The lowest BCUT2D eigenvalue weighted by atomic mass is 9.98. The molecule has 0 N–H and O–H groups in total. The summed E-state index contributed by atoms with van der Waals surface area (Å²) in [5.74, 6) is -0.243. The zero-order chi connectivity index (χ0) is 18.8. The largest absolute Gasteiger partial charge is 0.341 e. The fraction of sp³-hybridized carbons (Fsp3) is 0.409. The fourth-order valence-corrected chi connectivity index (χ4v) is 4.40. The van der Waals surface area contributed by atoms with Crippen LogP contribution in [0.15, 0.2) is 42.5 Å². The van der Waals surface area contributed by atoms with Crippen LogP contribution < -0.4 is 0 Å². The van der Waals surface area contributed by atoms with E-state index in [0.29, 0.717) is 18.9 Å². The van der Waals surface area contributed by atoms with Gasteiger partial charge in [-0.25, -0.2) is 4.39 Å². The summed E-state index contributed by atoms with van der Waals surface area (Å²) >= 11 is 5.82. The number of benzene rings is 2. The number of carbonyl (C=O) groups is 1. The Kier molecular flexibility index (Phi) is 5.46. The molecule has 0 spiro atoms. The highest BCUT2D eigenvalue weighted by Gasteiger charge is 2.31. The van der Waals surface area contributed by atoms with Gasteiger partial charge in [-0.15, -0.1) is 0 Å². The van der Waals surface area contributed by atoms with Crippen LogP contribution in [0.1, 0.15) is 29.5 Å². The quantitative estimate of drug-likeness (QED) is 0.790. The number of hydrogen-bond acceptors (Lipinski definition) is 2. The van der Waals surface area contributed by atoms with E-state index >= 15 is 0 Å². The average Bonchev–Trinajstić information content (AvgIpc) is 3.18. The summed E-state index contributed by atoms with van der Waals surface area (Å²) < 4.78 is 13.2. The number of rotatable bonds is 4. The zero-order valence-electron chi connectivity index (χ0n) is 15.3. The highest BCUT2D eigenvalue weighted by atomic mass is 35.5. The Morgan fingerprint density at radius 2 is 1.96 bits per heavy atom. The minimum absolute atomic E-state index is 0.117. The first-order valence-corrected chi connectivity index (χ1v) is 10.0. The minimum atomic E-state index is -0.419. The van der Waals surface area contributed by atoms with Crippen molar-refractivity contribution in [1.29, 1.82) is 0 Å². The van der Waals surface area contributed by atoms with Crippen molar-refractivity contribution in [2.75, 3.05) is 19.6 Å². The first kappa shape index (κ1) is 18.5. The maximum absolute atomic E-state index is 13.2. The summed E-state index contributed by atoms with van der Waals surface area (Å²) in [5, 5.41) is 0.117. The van der Waals surface area contributed by atoms with Gasteiger partial charge < -0.3 is 4.90 Å². The molecular weight excluding hydrogens is 363 g/mol. The third-order valence-electron chi connectivity index (χ3n) is 5.80. The number of carbonyl (C=O) groups excluding carboxylic acids is 1. The number of halogens is 2. The Hall–Kier alpha value is -1.91. The summed E-state index contributed by atoms with van der Waals surface area (Å²) in [6.45, 7) is 3.69. The van der Waals surface area contributed by atoms with Gasteiger partial charge in [0.1, 0.15) is 5.82 Å². The molecule has 27 heavy (non-hydrogen) atoms. The molecule has 0 bridgehead atoms. The highest BCUT2D eigenvalue weighted by molar-refractivity contribution is 6.30. The van der Waals surface area contributed by atoms with Crippen LogP contribution in [0.4, 0.5) is 4.39 Å². The van der Waals surface area contributed by atoms with Gasteiger partial charge in [-0.2, -0.15) is 0 Å². The van der Waals surface area contributed by atoms with Crippen LogP contribution in [0.3, 0.4) is 0 Å². The van der Waals surface area contributed by atoms with Crippen molar-refractivity contribution in [2.24, 2.45) is 0 Å². The molecule has 1 amide bonds. The standard InChI is InChI=1S/C22H24ClFN2O/c23-20-13-16(5-7-21(20)24)6-8-22(27)26-12-10-19(15-26)25-11-9-17-3-1-2-4-18(17)14-25/h1-5,7,13,19H,6,8-12,14-15H2. The number of fused-ring (bicyclic) bond motifs is 1. The summed E-state index contributed by atoms with van der Waals surface area (Å²) in [6, 6.07) is 13.8. The molecule has 0 saturated carbocycles. The van der Waals surface area contributed by atoms with Crippen LogP contribution in [-0.4, -0.2) is 41.4 Å². The molecule has 0 aliphatic carbocycles. The minimum Gasteiger partial charge on any atom is -0.341 e. The van der Waals surface area contributed by atoms with Gasteiger partial charge in [0.2, 0.25) is 5.91 Å². The van der Waals surface area contributed by atoms with E-state index in [1.807, 2.05) is 4.90 Å². The van der Waals surface area contributed by atoms with Crippen molar-refractivity contribution in [3.8, 4) is 0 Å². The van der Waals surface area contributed by atoms with E-state index in [2.05, 4.69) is 29.2 Å². The van der Waals surface area contributed by atoms with Gasteiger partial charge in [0.25, 0.3) is 0 Å². The molecule has 4 rings (SSSR count). The second kappa shape index (κ2) is 7.99. The van der Waals surface area contributed by atoms with Crippen molar-refractivity contribution in [3.05, 3.63) is 70.0 Å². The molecular formula is C22H24ClFN2O. The predicted molar refractivity (Wildman–Crippen MR) is 105 cm³/mol. The van der Waals surface area contributed by atoms with E-state index in [1.165, 1.54) is 17.2 Å². The molecule has 1 atom stereocenters. The second-order valence-electron chi connectivity index (χ2n) is 7.52. The lowest BCUT2D eigenvalue weighted by molar-refractivity contribution is -0.130. The number of nitrogens with zero attached hydrogens (tertiary/aromatic N) is 2. The molecule has 5 heteroatoms. The van der Waals surface area contributed by atoms with Gasteiger partial charge in [0.15, 0.2) is 0 Å². The van der Waals surface area contributed by atoms with E-state index in [-0.39, 0.29) is 10.9 Å². The van der Waals surface area contributed by atoms with Gasteiger partial charge in [-0.05, 0) is 48.1 Å². The van der Waals surface area contributed by atoms with Gasteiger partial charge in [-0.1, -0.05) is 41.9 Å². The third-order valence-corrected chi connectivity index (χ3v) is 6.09. The van der Waals surface area contributed by atoms with Crippen molar-refractivity contribution in [1.82, 2.24) is 9.80 Å². The van der Waals surface area contributed by atoms with Crippen LogP contribution >= 0.6 is 11.6 Å². The van der Waals surface area contributed by atoms with Gasteiger partial charge in [0, 0.05) is 38.6 Å². The molecule has 1 unspecified atom stereocenters. The van der Waals surface area contributed by atoms with Crippen LogP contribution in [0, 0.1) is 5.82 Å². The van der Waals surface area contributed by atoms with Gasteiger partial charge in [-0.3, -0.25) is 9.69 Å². The number of hydrogen-bond donors (Lipinski definition) is 0. The summed E-state index contributed by atoms with van der Waals surface area (Å²) in [5.41, 5.74) is 3.78. The van der Waals surface area contributed by atoms with Gasteiger partial charge >= 0.3 is 0 Å². The van der Waals surface area contributed by atoms with E-state index < -0.39 is 5.82 Å². The number of amides is 1. The molecule has 2 aromatic carbocycles. The second-order valence-corrected chi connectivity index (χ2v) is 7.93. The SMILES string of the molecule is O=C(CCc1ccc(F)c(Cl)c1)N1CCC(N2CCc3ccccc3C2)C1. The predicted octanol–water partition coefficient (Wildman–Crippen LogP) is 4.07. The molecule has 2 aromatic rings. The summed E-state index contributed by atoms with van der Waals surface area (Å²) in [7, 11) is 0. The topological polar surface area (TPSA) is 23.6 Å². The van der Waals surface area contributed by atoms with E-state index in [4.69, 9.17) is 11.6 Å². The Labute approximate surface area is 164 Å². The molecule has 2 aliphatic rings. The molecule has 0 aromatic heterocycles. The van der Waals surface area contributed by atoms with Crippen LogP contribution in [0.25, 0.3) is 0 Å². The van der Waals surface area contributed by atoms with E-state index in [0.717, 1.165) is 44.6 Å². The van der Waals surface area contributed by atoms with Crippen molar-refractivity contribution in [2.45, 2.75) is 38.3 Å². The Balaban J connectivity index is 1.30. The van der Waals surface area contributed by atoms with E-state index in [9.17, 15) is 9.18 Å². The number of aryl methyl sites for hydroxylation is 1. The molecule has 0 radical (unpaired) electrons. The normalized spacial score (nSPS) is 19.9.